The van der Waals surface area contributed by atoms with Crippen molar-refractivity contribution in [3.8, 4) is 0 Å². The Balaban J connectivity index is 2.21. The van der Waals surface area contributed by atoms with E-state index in [1.54, 1.807) is 0 Å². The van der Waals surface area contributed by atoms with E-state index in [9.17, 15) is 9.59 Å². The zero-order chi connectivity index (χ0) is 12.0. The van der Waals surface area contributed by atoms with Crippen molar-refractivity contribution in [3.05, 3.63) is 0 Å². The van der Waals surface area contributed by atoms with Gasteiger partial charge in [-0.25, -0.2) is 0 Å². The Hall–Kier alpha value is -1.14. The quantitative estimate of drug-likeness (QED) is 0.523. The predicted octanol–water partition coefficient (Wildman–Crippen LogP) is -1.71. The fourth-order valence-corrected chi connectivity index (χ4v) is 1.83. The first-order valence-corrected chi connectivity index (χ1v) is 5.52. The fraction of sp³-hybridized carbons (Fsp3) is 0.800. The second-order valence-corrected chi connectivity index (χ2v) is 4.03. The van der Waals surface area contributed by atoms with Crippen molar-refractivity contribution in [1.29, 1.82) is 0 Å². The Bertz CT molecular complexity index is 250. The molecule has 2 amide bonds. The van der Waals surface area contributed by atoms with E-state index in [2.05, 4.69) is 5.32 Å². The number of carbonyl (C=O) groups excluding carboxylic acids is 2. The van der Waals surface area contributed by atoms with Crippen LogP contribution in [0.3, 0.4) is 0 Å². The number of aliphatic hydroxyl groups excluding tert-OH is 1. The lowest BCUT2D eigenvalue weighted by molar-refractivity contribution is -0.124. The Morgan fingerprint density at radius 3 is 2.50 bits per heavy atom. The summed E-state index contributed by atoms with van der Waals surface area (Å²) in [5.41, 5.74) is 5.22. The predicted molar refractivity (Wildman–Crippen MR) is 58.5 cm³/mol. The third kappa shape index (κ3) is 4.16. The van der Waals surface area contributed by atoms with Gasteiger partial charge in [0.2, 0.25) is 11.8 Å². The number of hydrogen-bond donors (Lipinski definition) is 3. The molecule has 0 unspecified atom stereocenters. The number of carbonyl (C=O) groups is 2. The first kappa shape index (κ1) is 12.9. The Labute approximate surface area is 94.8 Å². The highest BCUT2D eigenvalue weighted by atomic mass is 16.3. The minimum atomic E-state index is -0.246. The summed E-state index contributed by atoms with van der Waals surface area (Å²) in [7, 11) is 0. The molecule has 6 nitrogen and oxygen atoms in total. The summed E-state index contributed by atoms with van der Waals surface area (Å²) in [5.74, 6) is -0.382. The summed E-state index contributed by atoms with van der Waals surface area (Å²) < 4.78 is 0. The Kier molecular flexibility index (Phi) is 5.21. The molecule has 4 N–H and O–H groups in total. The molecule has 0 radical (unpaired) electrons. The van der Waals surface area contributed by atoms with Crippen LogP contribution in [0.25, 0.3) is 0 Å². The average molecular weight is 229 g/mol. The number of rotatable bonds is 5. The van der Waals surface area contributed by atoms with Crippen LogP contribution in [0.2, 0.25) is 0 Å². The van der Waals surface area contributed by atoms with Gasteiger partial charge in [0.1, 0.15) is 0 Å². The number of hydrogen-bond acceptors (Lipinski definition) is 4. The van der Waals surface area contributed by atoms with Crippen LogP contribution in [0, 0.1) is 5.92 Å². The molecule has 0 spiro atoms. The van der Waals surface area contributed by atoms with Gasteiger partial charge in [0.05, 0.1) is 13.2 Å². The third-order valence-corrected chi connectivity index (χ3v) is 2.79. The molecule has 0 aromatic heterocycles. The zero-order valence-electron chi connectivity index (χ0n) is 9.32. The molecular weight excluding hydrogens is 210 g/mol. The number of nitrogens with two attached hydrogens (primary N) is 1. The highest BCUT2D eigenvalue weighted by molar-refractivity contribution is 5.78. The minimum Gasteiger partial charge on any atom is -0.395 e. The number of primary amides is 1. The Morgan fingerprint density at radius 2 is 2.00 bits per heavy atom. The standard InChI is InChI=1S/C10H19N3O3/c11-10(16)8-1-4-13(5-2-8)7-9(15)12-3-6-14/h8,14H,1-7H2,(H2,11,16)(H,12,15). The van der Waals surface area contributed by atoms with E-state index < -0.39 is 0 Å². The van der Waals surface area contributed by atoms with Crippen molar-refractivity contribution in [2.24, 2.45) is 11.7 Å². The van der Waals surface area contributed by atoms with E-state index in [1.165, 1.54) is 0 Å². The van der Waals surface area contributed by atoms with Crippen LogP contribution in [0.15, 0.2) is 0 Å². The SMILES string of the molecule is NC(=O)C1CCN(CC(=O)NCCO)CC1. The molecule has 0 bridgehead atoms. The molecule has 1 aliphatic heterocycles. The van der Waals surface area contributed by atoms with Crippen molar-refractivity contribution < 1.29 is 14.7 Å². The first-order chi connectivity index (χ1) is 7.63. The molecule has 0 saturated carbocycles. The van der Waals surface area contributed by atoms with E-state index in [0.717, 1.165) is 25.9 Å². The third-order valence-electron chi connectivity index (χ3n) is 2.79. The van der Waals surface area contributed by atoms with Crippen LogP contribution in [0.1, 0.15) is 12.8 Å². The lowest BCUT2D eigenvalue weighted by Gasteiger charge is -2.29. The number of piperidine rings is 1. The van der Waals surface area contributed by atoms with E-state index in [0.29, 0.717) is 6.54 Å². The number of aliphatic hydroxyl groups is 1. The van der Waals surface area contributed by atoms with Crippen molar-refractivity contribution >= 4 is 11.8 Å². The molecule has 0 aliphatic carbocycles. The second-order valence-electron chi connectivity index (χ2n) is 4.03. The fourth-order valence-electron chi connectivity index (χ4n) is 1.83. The van der Waals surface area contributed by atoms with Gasteiger partial charge in [0.15, 0.2) is 0 Å². The van der Waals surface area contributed by atoms with Crippen LogP contribution in [-0.4, -0.2) is 54.6 Å². The summed E-state index contributed by atoms with van der Waals surface area (Å²) in [6.45, 7) is 2.01. The maximum absolute atomic E-state index is 11.3. The molecule has 1 fully saturated rings. The van der Waals surface area contributed by atoms with Crippen molar-refractivity contribution in [1.82, 2.24) is 10.2 Å². The molecule has 92 valence electrons. The minimum absolute atomic E-state index is 0.0447. The smallest absolute Gasteiger partial charge is 0.234 e. The normalized spacial score (nSPS) is 18.3. The van der Waals surface area contributed by atoms with Crippen molar-refractivity contribution in [2.45, 2.75) is 12.8 Å². The summed E-state index contributed by atoms with van der Waals surface area (Å²) in [5, 5.41) is 11.1. The summed E-state index contributed by atoms with van der Waals surface area (Å²) >= 11 is 0. The topological polar surface area (TPSA) is 95.7 Å². The largest absolute Gasteiger partial charge is 0.395 e. The van der Waals surface area contributed by atoms with Crippen LogP contribution in [0.5, 0.6) is 0 Å². The monoisotopic (exact) mass is 229 g/mol. The first-order valence-electron chi connectivity index (χ1n) is 5.52. The molecule has 1 heterocycles. The van der Waals surface area contributed by atoms with E-state index >= 15 is 0 Å². The van der Waals surface area contributed by atoms with Gasteiger partial charge in [-0.15, -0.1) is 0 Å². The molecule has 1 rings (SSSR count). The Morgan fingerprint density at radius 1 is 1.38 bits per heavy atom. The number of likely N-dealkylation sites (tertiary alicyclic amines) is 1. The molecule has 1 aliphatic rings. The highest BCUT2D eigenvalue weighted by Gasteiger charge is 2.23. The van der Waals surface area contributed by atoms with Crippen molar-refractivity contribution in [2.75, 3.05) is 32.8 Å². The van der Waals surface area contributed by atoms with Gasteiger partial charge in [0, 0.05) is 12.5 Å². The molecule has 0 aromatic carbocycles. The summed E-state index contributed by atoms with van der Waals surface area (Å²) in [6, 6.07) is 0. The zero-order valence-corrected chi connectivity index (χ0v) is 9.32. The van der Waals surface area contributed by atoms with Crippen LogP contribution in [-0.2, 0) is 9.59 Å². The van der Waals surface area contributed by atoms with Gasteiger partial charge >= 0.3 is 0 Å². The van der Waals surface area contributed by atoms with Crippen LogP contribution >= 0.6 is 0 Å². The molecule has 0 aromatic rings. The number of amides is 2. The van der Waals surface area contributed by atoms with Crippen LogP contribution < -0.4 is 11.1 Å². The lowest BCUT2D eigenvalue weighted by Crippen LogP contribution is -2.44. The maximum Gasteiger partial charge on any atom is 0.234 e. The van der Waals surface area contributed by atoms with Gasteiger partial charge in [-0.1, -0.05) is 0 Å². The summed E-state index contributed by atoms with van der Waals surface area (Å²) in [6.07, 6.45) is 1.45. The molecule has 1 saturated heterocycles. The summed E-state index contributed by atoms with van der Waals surface area (Å²) in [4.78, 5) is 24.2. The van der Waals surface area contributed by atoms with Crippen molar-refractivity contribution in [3.63, 3.8) is 0 Å². The van der Waals surface area contributed by atoms with Gasteiger partial charge in [-0.2, -0.15) is 0 Å². The van der Waals surface area contributed by atoms with E-state index in [1.807, 2.05) is 4.90 Å². The highest BCUT2D eigenvalue weighted by Crippen LogP contribution is 2.15. The second kappa shape index (κ2) is 6.44. The number of nitrogens with one attached hydrogen (secondary N) is 1. The maximum atomic E-state index is 11.3. The average Bonchev–Trinajstić information content (AvgIpc) is 2.27. The molecule has 0 atom stereocenters. The van der Waals surface area contributed by atoms with E-state index in [-0.39, 0.29) is 30.9 Å². The van der Waals surface area contributed by atoms with Gasteiger partial charge in [-0.3, -0.25) is 14.5 Å². The molecule has 16 heavy (non-hydrogen) atoms. The molecular formula is C10H19N3O3. The number of nitrogens with zero attached hydrogens (tertiary/aromatic N) is 1. The molecule has 6 heteroatoms. The van der Waals surface area contributed by atoms with Gasteiger partial charge in [-0.05, 0) is 25.9 Å². The van der Waals surface area contributed by atoms with Gasteiger partial charge < -0.3 is 16.2 Å². The van der Waals surface area contributed by atoms with E-state index in [4.69, 9.17) is 10.8 Å². The van der Waals surface area contributed by atoms with Crippen LogP contribution in [0.4, 0.5) is 0 Å². The lowest BCUT2D eigenvalue weighted by atomic mass is 9.96. The van der Waals surface area contributed by atoms with Gasteiger partial charge in [0.25, 0.3) is 0 Å².